The van der Waals surface area contributed by atoms with Crippen LogP contribution in [-0.4, -0.2) is 53.6 Å². The van der Waals surface area contributed by atoms with E-state index in [0.29, 0.717) is 6.54 Å². The van der Waals surface area contributed by atoms with E-state index in [1.54, 1.807) is 18.2 Å². The Hall–Kier alpha value is -3.23. The molecule has 3 rings (SSSR count). The molecular formula is C21H26N4O5. The molecule has 9 nitrogen and oxygen atoms in total. The SMILES string of the molecule is CC(=O)NCCCCCCNc1ccc2c(c1)C(=O)N(C1CCC(=O)NC1=O)C2=O. The lowest BCUT2D eigenvalue weighted by Gasteiger charge is -2.27. The third-order valence-electron chi connectivity index (χ3n) is 5.25. The summed E-state index contributed by atoms with van der Waals surface area (Å²) in [6, 6.07) is 4.02. The molecule has 1 atom stereocenters. The highest BCUT2D eigenvalue weighted by atomic mass is 16.2. The molecule has 0 bridgehead atoms. The van der Waals surface area contributed by atoms with Crippen molar-refractivity contribution < 1.29 is 24.0 Å². The van der Waals surface area contributed by atoms with E-state index < -0.39 is 29.7 Å². The summed E-state index contributed by atoms with van der Waals surface area (Å²) in [7, 11) is 0. The van der Waals surface area contributed by atoms with Crippen molar-refractivity contribution in [3.05, 3.63) is 29.3 Å². The van der Waals surface area contributed by atoms with Gasteiger partial charge in [-0.3, -0.25) is 34.2 Å². The van der Waals surface area contributed by atoms with Crippen molar-refractivity contribution in [1.82, 2.24) is 15.5 Å². The van der Waals surface area contributed by atoms with Gasteiger partial charge in [-0.05, 0) is 37.5 Å². The summed E-state index contributed by atoms with van der Waals surface area (Å²) in [6.07, 6.45) is 4.14. The van der Waals surface area contributed by atoms with Crippen molar-refractivity contribution in [3.63, 3.8) is 0 Å². The number of nitrogens with zero attached hydrogens (tertiary/aromatic N) is 1. The van der Waals surface area contributed by atoms with E-state index in [4.69, 9.17) is 0 Å². The quantitative estimate of drug-likeness (QED) is 0.412. The molecule has 2 aliphatic heterocycles. The third-order valence-corrected chi connectivity index (χ3v) is 5.25. The van der Waals surface area contributed by atoms with Crippen molar-refractivity contribution in [2.24, 2.45) is 0 Å². The van der Waals surface area contributed by atoms with E-state index in [9.17, 15) is 24.0 Å². The molecule has 0 spiro atoms. The van der Waals surface area contributed by atoms with Crippen LogP contribution in [0.15, 0.2) is 18.2 Å². The number of hydrogen-bond donors (Lipinski definition) is 3. The molecule has 1 unspecified atom stereocenters. The molecule has 0 aliphatic carbocycles. The van der Waals surface area contributed by atoms with Gasteiger partial charge in [-0.2, -0.15) is 0 Å². The minimum Gasteiger partial charge on any atom is -0.385 e. The van der Waals surface area contributed by atoms with Crippen LogP contribution in [0.5, 0.6) is 0 Å². The summed E-state index contributed by atoms with van der Waals surface area (Å²) in [5, 5.41) is 8.20. The summed E-state index contributed by atoms with van der Waals surface area (Å²) in [6.45, 7) is 2.91. The predicted molar refractivity (Wildman–Crippen MR) is 109 cm³/mol. The van der Waals surface area contributed by atoms with Gasteiger partial charge in [-0.15, -0.1) is 0 Å². The first kappa shape index (κ1) is 21.5. The van der Waals surface area contributed by atoms with Gasteiger partial charge in [0.2, 0.25) is 17.7 Å². The van der Waals surface area contributed by atoms with E-state index >= 15 is 0 Å². The number of nitrogens with one attached hydrogen (secondary N) is 3. The van der Waals surface area contributed by atoms with E-state index in [0.717, 1.165) is 42.8 Å². The van der Waals surface area contributed by atoms with E-state index in [1.165, 1.54) is 6.92 Å². The number of benzene rings is 1. The van der Waals surface area contributed by atoms with Crippen molar-refractivity contribution in [1.29, 1.82) is 0 Å². The lowest BCUT2D eigenvalue weighted by molar-refractivity contribution is -0.136. The summed E-state index contributed by atoms with van der Waals surface area (Å²) >= 11 is 0. The van der Waals surface area contributed by atoms with Crippen LogP contribution in [0.3, 0.4) is 0 Å². The van der Waals surface area contributed by atoms with Gasteiger partial charge in [-0.1, -0.05) is 12.8 Å². The van der Waals surface area contributed by atoms with Gasteiger partial charge in [0.1, 0.15) is 6.04 Å². The van der Waals surface area contributed by atoms with Crippen LogP contribution in [0.4, 0.5) is 5.69 Å². The average molecular weight is 414 g/mol. The maximum Gasteiger partial charge on any atom is 0.262 e. The van der Waals surface area contributed by atoms with Gasteiger partial charge in [-0.25, -0.2) is 0 Å². The molecule has 5 amide bonds. The maximum atomic E-state index is 12.8. The normalized spacial score (nSPS) is 18.3. The zero-order valence-corrected chi connectivity index (χ0v) is 17.0. The molecule has 0 aromatic heterocycles. The molecule has 0 saturated carbocycles. The molecule has 1 fully saturated rings. The van der Waals surface area contributed by atoms with Crippen LogP contribution in [0.2, 0.25) is 0 Å². The predicted octanol–water partition coefficient (Wildman–Crippen LogP) is 1.20. The molecule has 3 N–H and O–H groups in total. The van der Waals surface area contributed by atoms with E-state index in [1.807, 2.05) is 0 Å². The van der Waals surface area contributed by atoms with Gasteiger partial charge in [0.25, 0.3) is 11.8 Å². The van der Waals surface area contributed by atoms with Crippen LogP contribution < -0.4 is 16.0 Å². The number of unbranched alkanes of at least 4 members (excludes halogenated alkanes) is 3. The Kier molecular flexibility index (Phi) is 6.81. The second-order valence-corrected chi connectivity index (χ2v) is 7.53. The lowest BCUT2D eigenvalue weighted by Crippen LogP contribution is -2.54. The Morgan fingerprint density at radius 3 is 2.43 bits per heavy atom. The van der Waals surface area contributed by atoms with Crippen LogP contribution in [0, 0.1) is 0 Å². The number of amides is 5. The van der Waals surface area contributed by atoms with Crippen LogP contribution >= 0.6 is 0 Å². The number of hydrogen-bond acceptors (Lipinski definition) is 6. The van der Waals surface area contributed by atoms with Gasteiger partial charge in [0.05, 0.1) is 11.1 Å². The topological polar surface area (TPSA) is 125 Å². The van der Waals surface area contributed by atoms with Gasteiger partial charge < -0.3 is 10.6 Å². The first-order valence-corrected chi connectivity index (χ1v) is 10.2. The Morgan fingerprint density at radius 2 is 1.73 bits per heavy atom. The first-order chi connectivity index (χ1) is 14.4. The standard InChI is InChI=1S/C21H26N4O5/c1-13(26)22-10-4-2-3-5-11-23-14-6-7-15-16(12-14)21(30)25(20(15)29)17-8-9-18(27)24-19(17)28/h6-7,12,17,23H,2-5,8-11H2,1H3,(H,22,26)(H,24,27,28). The summed E-state index contributed by atoms with van der Waals surface area (Å²) in [4.78, 5) is 60.7. The molecule has 1 aromatic carbocycles. The fraction of sp³-hybridized carbons (Fsp3) is 0.476. The number of piperidine rings is 1. The average Bonchev–Trinajstić information content (AvgIpc) is 2.94. The van der Waals surface area contributed by atoms with Crippen LogP contribution in [-0.2, 0) is 14.4 Å². The van der Waals surface area contributed by atoms with Crippen LogP contribution in [0.25, 0.3) is 0 Å². The maximum absolute atomic E-state index is 12.8. The zero-order valence-electron chi connectivity index (χ0n) is 17.0. The summed E-state index contributed by atoms with van der Waals surface area (Å²) in [5.41, 5.74) is 1.27. The first-order valence-electron chi connectivity index (χ1n) is 10.2. The summed E-state index contributed by atoms with van der Waals surface area (Å²) < 4.78 is 0. The Morgan fingerprint density at radius 1 is 1.03 bits per heavy atom. The number of carbonyl (C=O) groups excluding carboxylic acids is 5. The van der Waals surface area contributed by atoms with E-state index in [2.05, 4.69) is 16.0 Å². The molecular weight excluding hydrogens is 388 g/mol. The van der Waals surface area contributed by atoms with Crippen molar-refractivity contribution >= 4 is 35.2 Å². The van der Waals surface area contributed by atoms with Gasteiger partial charge in [0.15, 0.2) is 0 Å². The second-order valence-electron chi connectivity index (χ2n) is 7.53. The molecule has 2 aliphatic rings. The van der Waals surface area contributed by atoms with Crippen molar-refractivity contribution in [3.8, 4) is 0 Å². The minimum atomic E-state index is -0.955. The third kappa shape index (κ3) is 4.84. The number of carbonyl (C=O) groups is 5. The monoisotopic (exact) mass is 414 g/mol. The van der Waals surface area contributed by atoms with Crippen molar-refractivity contribution in [2.75, 3.05) is 18.4 Å². The lowest BCUT2D eigenvalue weighted by atomic mass is 10.0. The highest BCUT2D eigenvalue weighted by Gasteiger charge is 2.44. The van der Waals surface area contributed by atoms with Crippen molar-refractivity contribution in [2.45, 2.75) is 51.5 Å². The largest absolute Gasteiger partial charge is 0.385 e. The minimum absolute atomic E-state index is 0.0162. The fourth-order valence-corrected chi connectivity index (χ4v) is 3.68. The Bertz CT molecular complexity index is 882. The highest BCUT2D eigenvalue weighted by molar-refractivity contribution is 6.23. The highest BCUT2D eigenvalue weighted by Crippen LogP contribution is 2.29. The molecule has 0 radical (unpaired) electrons. The Labute approximate surface area is 174 Å². The second kappa shape index (κ2) is 9.51. The molecule has 1 saturated heterocycles. The fourth-order valence-electron chi connectivity index (χ4n) is 3.68. The number of imide groups is 2. The van der Waals surface area contributed by atoms with E-state index in [-0.39, 0.29) is 29.9 Å². The molecule has 30 heavy (non-hydrogen) atoms. The Balaban J connectivity index is 1.52. The smallest absolute Gasteiger partial charge is 0.262 e. The number of fused-ring (bicyclic) bond motifs is 1. The molecule has 1 aromatic rings. The summed E-state index contributed by atoms with van der Waals surface area (Å²) in [5.74, 6) is -2.04. The number of anilines is 1. The van der Waals surface area contributed by atoms with Gasteiger partial charge >= 0.3 is 0 Å². The number of rotatable bonds is 9. The molecule has 9 heteroatoms. The van der Waals surface area contributed by atoms with Gasteiger partial charge in [0, 0.05) is 32.1 Å². The molecule has 2 heterocycles. The van der Waals surface area contributed by atoms with Crippen LogP contribution in [0.1, 0.15) is 66.2 Å². The zero-order chi connectivity index (χ0) is 21.7. The molecule has 160 valence electrons.